The number of nitrogens with one attached hydrogen (secondary N) is 1. The van der Waals surface area contributed by atoms with Crippen molar-refractivity contribution in [2.45, 2.75) is 38.1 Å². The number of carbonyl (C=O) groups excluding carboxylic acids is 2. The van der Waals surface area contributed by atoms with Crippen LogP contribution < -0.4 is 11.1 Å². The molecule has 0 radical (unpaired) electrons. The van der Waals surface area contributed by atoms with E-state index in [2.05, 4.69) is 10.2 Å². The van der Waals surface area contributed by atoms with E-state index in [0.717, 1.165) is 45.2 Å². The normalized spacial score (nSPS) is 26.9. The van der Waals surface area contributed by atoms with Gasteiger partial charge < -0.3 is 16.0 Å². The molecule has 1 heterocycles. The number of hydrogen-bond donors (Lipinski definition) is 2. The Morgan fingerprint density at radius 3 is 2.45 bits per heavy atom. The molecule has 126 valence electrons. The lowest BCUT2D eigenvalue weighted by Gasteiger charge is -2.33. The lowest BCUT2D eigenvalue weighted by molar-refractivity contribution is -0.131. The van der Waals surface area contributed by atoms with E-state index in [1.165, 1.54) is 0 Å². The number of nitrogens with zero attached hydrogens (tertiary/aromatic N) is 2. The highest BCUT2D eigenvalue weighted by Crippen LogP contribution is 2.31. The Morgan fingerprint density at radius 1 is 1.18 bits per heavy atom. The summed E-state index contributed by atoms with van der Waals surface area (Å²) < 4.78 is 0. The first kappa shape index (κ1) is 17.2. The molecule has 2 fully saturated rings. The van der Waals surface area contributed by atoms with Gasteiger partial charge in [0.25, 0.3) is 0 Å². The van der Waals surface area contributed by atoms with Crippen molar-refractivity contribution >= 4 is 11.8 Å². The molecule has 1 aliphatic carbocycles. The summed E-state index contributed by atoms with van der Waals surface area (Å²) in [5.74, 6) is 0.797. The van der Waals surface area contributed by atoms with Gasteiger partial charge in [-0.05, 0) is 38.1 Å². The summed E-state index contributed by atoms with van der Waals surface area (Å²) in [7, 11) is 3.57. The second kappa shape index (κ2) is 7.92. The number of rotatable bonds is 5. The molecule has 1 saturated heterocycles. The largest absolute Gasteiger partial charge is 0.353 e. The lowest BCUT2D eigenvalue weighted by Crippen LogP contribution is -2.48. The zero-order chi connectivity index (χ0) is 16.1. The van der Waals surface area contributed by atoms with Gasteiger partial charge in [0.1, 0.15) is 0 Å². The maximum Gasteiger partial charge on any atom is 0.236 e. The number of hydrogen-bond acceptors (Lipinski definition) is 4. The van der Waals surface area contributed by atoms with Crippen molar-refractivity contribution in [3.05, 3.63) is 0 Å². The first-order valence-electron chi connectivity index (χ1n) is 8.44. The van der Waals surface area contributed by atoms with E-state index in [4.69, 9.17) is 5.73 Å². The van der Waals surface area contributed by atoms with Gasteiger partial charge in [0, 0.05) is 39.1 Å². The van der Waals surface area contributed by atoms with Crippen LogP contribution in [0.1, 0.15) is 32.1 Å². The fourth-order valence-electron chi connectivity index (χ4n) is 3.54. The van der Waals surface area contributed by atoms with Crippen molar-refractivity contribution < 1.29 is 9.59 Å². The molecule has 0 aromatic heterocycles. The summed E-state index contributed by atoms with van der Waals surface area (Å²) in [6.07, 6.45) is 5.02. The van der Waals surface area contributed by atoms with E-state index >= 15 is 0 Å². The Labute approximate surface area is 133 Å². The Hall–Kier alpha value is -1.14. The van der Waals surface area contributed by atoms with Crippen LogP contribution in [0.4, 0.5) is 0 Å². The molecule has 0 bridgehead atoms. The predicted octanol–water partition coefficient (Wildman–Crippen LogP) is 0.0302. The summed E-state index contributed by atoms with van der Waals surface area (Å²) >= 11 is 0. The highest BCUT2D eigenvalue weighted by molar-refractivity contribution is 5.79. The molecule has 1 aliphatic heterocycles. The average Bonchev–Trinajstić information content (AvgIpc) is 2.97. The van der Waals surface area contributed by atoms with E-state index in [-0.39, 0.29) is 23.8 Å². The Kier molecular flexibility index (Phi) is 6.20. The van der Waals surface area contributed by atoms with Crippen molar-refractivity contribution in [2.75, 3.05) is 40.3 Å². The average molecular weight is 310 g/mol. The van der Waals surface area contributed by atoms with Gasteiger partial charge in [0.15, 0.2) is 0 Å². The molecule has 0 unspecified atom stereocenters. The highest BCUT2D eigenvalue weighted by atomic mass is 16.2. The molecular weight excluding hydrogens is 280 g/mol. The van der Waals surface area contributed by atoms with E-state index in [1.54, 1.807) is 19.0 Å². The lowest BCUT2D eigenvalue weighted by atomic mass is 9.94. The van der Waals surface area contributed by atoms with Crippen LogP contribution in [0.5, 0.6) is 0 Å². The summed E-state index contributed by atoms with van der Waals surface area (Å²) in [6, 6.07) is 0.247. The van der Waals surface area contributed by atoms with E-state index in [9.17, 15) is 9.59 Å². The maximum absolute atomic E-state index is 12.4. The van der Waals surface area contributed by atoms with Crippen LogP contribution in [0.25, 0.3) is 0 Å². The first-order chi connectivity index (χ1) is 10.5. The smallest absolute Gasteiger partial charge is 0.236 e. The topological polar surface area (TPSA) is 78.7 Å². The summed E-state index contributed by atoms with van der Waals surface area (Å²) in [6.45, 7) is 2.83. The number of carbonyl (C=O) groups is 2. The molecule has 2 aliphatic rings. The Morgan fingerprint density at radius 2 is 1.86 bits per heavy atom. The molecule has 2 rings (SSSR count). The zero-order valence-electron chi connectivity index (χ0n) is 13.9. The fourth-order valence-corrected chi connectivity index (χ4v) is 3.54. The molecule has 0 aromatic rings. The second-order valence-corrected chi connectivity index (χ2v) is 6.88. The molecule has 22 heavy (non-hydrogen) atoms. The van der Waals surface area contributed by atoms with Crippen molar-refractivity contribution in [3.8, 4) is 0 Å². The first-order valence-corrected chi connectivity index (χ1v) is 8.44. The molecule has 1 saturated carbocycles. The molecule has 2 atom stereocenters. The summed E-state index contributed by atoms with van der Waals surface area (Å²) in [5, 5.41) is 3.21. The monoisotopic (exact) mass is 310 g/mol. The van der Waals surface area contributed by atoms with E-state index < -0.39 is 0 Å². The number of amides is 2. The SMILES string of the molecule is CN(C)C(=O)CN1CCC(NC(=O)[C@@H]2CCC[C@@H]2CN)CC1. The van der Waals surface area contributed by atoms with Crippen LogP contribution in [-0.4, -0.2) is 67.9 Å². The standard InChI is InChI=1S/C16H30N4O2/c1-19(2)15(21)11-20-8-6-13(7-9-20)18-16(22)14-5-3-4-12(14)10-17/h12-14H,3-11,17H2,1-2H3,(H,18,22)/t12-,14-/m1/s1. The molecular formula is C16H30N4O2. The molecule has 0 spiro atoms. The number of piperidine rings is 1. The van der Waals surface area contributed by atoms with Crippen LogP contribution in [-0.2, 0) is 9.59 Å². The molecule has 6 heteroatoms. The third kappa shape index (κ3) is 4.43. The third-order valence-electron chi connectivity index (χ3n) is 5.09. The van der Waals surface area contributed by atoms with Crippen LogP contribution >= 0.6 is 0 Å². The minimum absolute atomic E-state index is 0.110. The minimum Gasteiger partial charge on any atom is -0.353 e. The molecule has 0 aromatic carbocycles. The van der Waals surface area contributed by atoms with E-state index in [0.29, 0.717) is 19.0 Å². The van der Waals surface area contributed by atoms with Crippen LogP contribution in [0, 0.1) is 11.8 Å². The van der Waals surface area contributed by atoms with Crippen molar-refractivity contribution in [1.29, 1.82) is 0 Å². The van der Waals surface area contributed by atoms with Crippen LogP contribution in [0.2, 0.25) is 0 Å². The minimum atomic E-state index is 0.110. The van der Waals surface area contributed by atoms with Gasteiger partial charge in [0.2, 0.25) is 11.8 Å². The summed E-state index contributed by atoms with van der Waals surface area (Å²) in [5.41, 5.74) is 5.76. The van der Waals surface area contributed by atoms with Gasteiger partial charge in [-0.3, -0.25) is 14.5 Å². The second-order valence-electron chi connectivity index (χ2n) is 6.88. The van der Waals surface area contributed by atoms with E-state index in [1.807, 2.05) is 0 Å². The zero-order valence-corrected chi connectivity index (χ0v) is 13.9. The summed E-state index contributed by atoms with van der Waals surface area (Å²) in [4.78, 5) is 27.9. The van der Waals surface area contributed by atoms with Gasteiger partial charge in [-0.1, -0.05) is 6.42 Å². The van der Waals surface area contributed by atoms with Crippen molar-refractivity contribution in [3.63, 3.8) is 0 Å². The fraction of sp³-hybridized carbons (Fsp3) is 0.875. The quantitative estimate of drug-likeness (QED) is 0.751. The third-order valence-corrected chi connectivity index (χ3v) is 5.09. The Balaban J connectivity index is 1.73. The van der Waals surface area contributed by atoms with Gasteiger partial charge in [-0.25, -0.2) is 0 Å². The molecule has 2 amide bonds. The van der Waals surface area contributed by atoms with Gasteiger partial charge in [-0.15, -0.1) is 0 Å². The number of likely N-dealkylation sites (tertiary alicyclic amines) is 1. The van der Waals surface area contributed by atoms with Crippen LogP contribution in [0.15, 0.2) is 0 Å². The van der Waals surface area contributed by atoms with Crippen LogP contribution in [0.3, 0.4) is 0 Å². The van der Waals surface area contributed by atoms with Gasteiger partial charge in [0.05, 0.1) is 6.54 Å². The number of nitrogens with two attached hydrogens (primary N) is 1. The maximum atomic E-state index is 12.4. The number of likely N-dealkylation sites (N-methyl/N-ethyl adjacent to an activating group) is 1. The van der Waals surface area contributed by atoms with Crippen molar-refractivity contribution in [1.82, 2.24) is 15.1 Å². The molecule has 3 N–H and O–H groups in total. The predicted molar refractivity (Wildman–Crippen MR) is 86.2 cm³/mol. The van der Waals surface area contributed by atoms with Gasteiger partial charge in [-0.2, -0.15) is 0 Å². The Bertz CT molecular complexity index is 392. The van der Waals surface area contributed by atoms with Gasteiger partial charge >= 0.3 is 0 Å². The molecule has 6 nitrogen and oxygen atoms in total. The highest BCUT2D eigenvalue weighted by Gasteiger charge is 2.33. The van der Waals surface area contributed by atoms with Crippen molar-refractivity contribution in [2.24, 2.45) is 17.6 Å².